The van der Waals surface area contributed by atoms with Gasteiger partial charge in [0.25, 0.3) is 0 Å². The van der Waals surface area contributed by atoms with Crippen molar-refractivity contribution in [3.8, 4) is 11.4 Å². The molecule has 2 aliphatic rings. The third kappa shape index (κ3) is 5.63. The SMILES string of the molecule is Cc1nn(C(F)F)c(C)c1S(=O)(=O)C1(c2cc(N3CCOC[C@@H]3C)nc(-c3ccc(NC(=O)Nc4cnn(C)c4)cc3)n2)CC1. The summed E-state index contributed by atoms with van der Waals surface area (Å²) in [6.45, 7) is 3.29. The number of nitrogens with zero attached hydrogens (tertiary/aromatic N) is 7. The van der Waals surface area contributed by atoms with E-state index in [4.69, 9.17) is 14.7 Å². The van der Waals surface area contributed by atoms with Crippen LogP contribution < -0.4 is 15.5 Å². The molecule has 1 saturated heterocycles. The van der Waals surface area contributed by atoms with E-state index in [2.05, 4.69) is 20.8 Å². The maximum atomic E-state index is 14.2. The number of aromatic nitrogens is 6. The number of ether oxygens (including phenoxy) is 1. The molecule has 2 fully saturated rings. The van der Waals surface area contributed by atoms with Gasteiger partial charge < -0.3 is 20.3 Å². The molecule has 0 unspecified atom stereocenters. The van der Waals surface area contributed by atoms with Gasteiger partial charge in [0.05, 0.1) is 48.2 Å². The Morgan fingerprint density at radius 1 is 1.11 bits per heavy atom. The maximum absolute atomic E-state index is 14.2. The average Bonchev–Trinajstić information content (AvgIpc) is 3.64. The van der Waals surface area contributed by atoms with E-state index in [1.54, 1.807) is 48.3 Å². The highest BCUT2D eigenvalue weighted by Crippen LogP contribution is 2.56. The normalized spacial score (nSPS) is 17.8. The second-order valence-corrected chi connectivity index (χ2v) is 13.5. The molecule has 1 atom stereocenters. The molecule has 238 valence electrons. The smallest absolute Gasteiger partial charge is 0.333 e. The van der Waals surface area contributed by atoms with Crippen molar-refractivity contribution in [3.63, 3.8) is 0 Å². The summed E-state index contributed by atoms with van der Waals surface area (Å²) in [6, 6.07) is 8.08. The molecule has 2 amide bonds. The molecule has 0 bridgehead atoms. The third-order valence-electron chi connectivity index (χ3n) is 8.14. The number of nitrogens with one attached hydrogen (secondary N) is 2. The number of amides is 2. The van der Waals surface area contributed by atoms with Gasteiger partial charge in [-0.05, 0) is 57.9 Å². The van der Waals surface area contributed by atoms with Gasteiger partial charge in [0.2, 0.25) is 0 Å². The van der Waals surface area contributed by atoms with Gasteiger partial charge >= 0.3 is 12.6 Å². The number of carbonyl (C=O) groups excluding carboxylic acids is 1. The van der Waals surface area contributed by atoms with E-state index in [-0.39, 0.29) is 35.2 Å². The van der Waals surface area contributed by atoms with E-state index >= 15 is 0 Å². The van der Waals surface area contributed by atoms with Crippen LogP contribution in [-0.2, 0) is 26.4 Å². The zero-order valence-corrected chi connectivity index (χ0v) is 26.0. The van der Waals surface area contributed by atoms with Gasteiger partial charge in [-0.25, -0.2) is 27.9 Å². The van der Waals surface area contributed by atoms with Gasteiger partial charge in [-0.15, -0.1) is 0 Å². The summed E-state index contributed by atoms with van der Waals surface area (Å²) in [7, 11) is -2.43. The summed E-state index contributed by atoms with van der Waals surface area (Å²) in [4.78, 5) is 23.9. The lowest BCUT2D eigenvalue weighted by atomic mass is 10.1. The minimum atomic E-state index is -4.17. The molecule has 1 saturated carbocycles. The number of sulfone groups is 1. The number of carbonyl (C=O) groups is 1. The molecule has 1 aliphatic carbocycles. The first-order valence-corrected chi connectivity index (χ1v) is 15.9. The Bertz CT molecular complexity index is 1850. The van der Waals surface area contributed by atoms with Crippen molar-refractivity contribution in [2.24, 2.45) is 7.05 Å². The quantitative estimate of drug-likeness (QED) is 0.285. The highest BCUT2D eigenvalue weighted by Gasteiger charge is 2.59. The lowest BCUT2D eigenvalue weighted by Crippen LogP contribution is -2.44. The summed E-state index contributed by atoms with van der Waals surface area (Å²) in [6.07, 6.45) is 3.75. The van der Waals surface area contributed by atoms with E-state index in [1.807, 2.05) is 11.8 Å². The van der Waals surface area contributed by atoms with Crippen molar-refractivity contribution >= 4 is 33.1 Å². The molecule has 16 heteroatoms. The monoisotopic (exact) mass is 641 g/mol. The van der Waals surface area contributed by atoms with Gasteiger partial charge in [0.1, 0.15) is 15.5 Å². The fourth-order valence-electron chi connectivity index (χ4n) is 5.69. The van der Waals surface area contributed by atoms with Crippen LogP contribution in [-0.4, -0.2) is 69.8 Å². The number of halogens is 2. The van der Waals surface area contributed by atoms with Crippen molar-refractivity contribution in [3.05, 3.63) is 59.8 Å². The van der Waals surface area contributed by atoms with Crippen molar-refractivity contribution < 1.29 is 26.7 Å². The molecule has 4 aromatic rings. The predicted molar refractivity (Wildman–Crippen MR) is 162 cm³/mol. The second kappa shape index (κ2) is 11.5. The maximum Gasteiger partial charge on any atom is 0.333 e. The summed E-state index contributed by atoms with van der Waals surface area (Å²) < 4.78 is 61.9. The Labute approximate surface area is 258 Å². The Morgan fingerprint density at radius 3 is 2.42 bits per heavy atom. The number of morpholine rings is 1. The van der Waals surface area contributed by atoms with Crippen molar-refractivity contribution in [1.29, 1.82) is 0 Å². The van der Waals surface area contributed by atoms with Crippen molar-refractivity contribution in [2.75, 3.05) is 35.3 Å². The number of hydrogen-bond acceptors (Lipinski definition) is 9. The number of hydrogen-bond donors (Lipinski definition) is 2. The molecule has 0 radical (unpaired) electrons. The van der Waals surface area contributed by atoms with Gasteiger partial charge in [0, 0.05) is 37.1 Å². The largest absolute Gasteiger partial charge is 0.377 e. The molecule has 6 rings (SSSR count). The highest BCUT2D eigenvalue weighted by atomic mass is 32.2. The first kappa shape index (κ1) is 30.6. The van der Waals surface area contributed by atoms with Crippen LogP contribution in [0, 0.1) is 13.8 Å². The zero-order chi connectivity index (χ0) is 32.1. The zero-order valence-electron chi connectivity index (χ0n) is 25.2. The number of anilines is 3. The number of rotatable bonds is 8. The topological polar surface area (TPSA) is 149 Å². The number of benzene rings is 1. The van der Waals surface area contributed by atoms with Crippen LogP contribution in [0.5, 0.6) is 0 Å². The Kier molecular flexibility index (Phi) is 7.81. The third-order valence-corrected chi connectivity index (χ3v) is 10.9. The van der Waals surface area contributed by atoms with E-state index in [9.17, 15) is 22.0 Å². The van der Waals surface area contributed by atoms with Crippen LogP contribution in [0.2, 0.25) is 0 Å². The van der Waals surface area contributed by atoms with Crippen LogP contribution in [0.3, 0.4) is 0 Å². The summed E-state index contributed by atoms with van der Waals surface area (Å²) >= 11 is 0. The first-order chi connectivity index (χ1) is 21.4. The predicted octanol–water partition coefficient (Wildman–Crippen LogP) is 4.42. The fourth-order valence-corrected chi connectivity index (χ4v) is 8.01. The molecule has 1 aliphatic heterocycles. The first-order valence-electron chi connectivity index (χ1n) is 14.4. The van der Waals surface area contributed by atoms with Crippen molar-refractivity contribution in [1.82, 2.24) is 29.5 Å². The number of aryl methyl sites for hydroxylation is 2. The minimum absolute atomic E-state index is 0.0195. The molecular formula is C29H33F2N9O4S. The van der Waals surface area contributed by atoms with E-state index < -0.39 is 27.2 Å². The van der Waals surface area contributed by atoms with E-state index in [1.165, 1.54) is 20.0 Å². The molecule has 1 aromatic carbocycles. The van der Waals surface area contributed by atoms with Crippen LogP contribution in [0.25, 0.3) is 11.4 Å². The molecule has 0 spiro atoms. The van der Waals surface area contributed by atoms with Gasteiger partial charge in [0.15, 0.2) is 15.7 Å². The van der Waals surface area contributed by atoms with Crippen LogP contribution in [0.1, 0.15) is 43.4 Å². The molecule has 3 aromatic heterocycles. The Balaban J connectivity index is 1.36. The summed E-state index contributed by atoms with van der Waals surface area (Å²) in [5.41, 5.74) is 1.86. The van der Waals surface area contributed by atoms with Gasteiger partial charge in [-0.2, -0.15) is 19.0 Å². The van der Waals surface area contributed by atoms with E-state index in [0.717, 1.165) is 0 Å². The Hall–Kier alpha value is -4.44. The van der Waals surface area contributed by atoms with Crippen LogP contribution in [0.15, 0.2) is 47.6 Å². The van der Waals surface area contributed by atoms with Gasteiger partial charge in [-0.1, -0.05) is 0 Å². The minimum Gasteiger partial charge on any atom is -0.377 e. The Morgan fingerprint density at radius 2 is 1.82 bits per heavy atom. The summed E-state index contributed by atoms with van der Waals surface area (Å²) in [5.74, 6) is 0.841. The van der Waals surface area contributed by atoms with E-state index in [0.29, 0.717) is 58.7 Å². The molecule has 45 heavy (non-hydrogen) atoms. The molecular weight excluding hydrogens is 608 g/mol. The number of urea groups is 1. The lowest BCUT2D eigenvalue weighted by Gasteiger charge is -2.34. The van der Waals surface area contributed by atoms with Crippen LogP contribution in [0.4, 0.5) is 30.8 Å². The molecule has 2 N–H and O–H groups in total. The molecule has 13 nitrogen and oxygen atoms in total. The van der Waals surface area contributed by atoms with Crippen molar-refractivity contribution in [2.45, 2.75) is 55.8 Å². The summed E-state index contributed by atoms with van der Waals surface area (Å²) in [5, 5.41) is 13.3. The average molecular weight is 642 g/mol. The highest BCUT2D eigenvalue weighted by molar-refractivity contribution is 7.92. The second-order valence-electron chi connectivity index (χ2n) is 11.3. The van der Waals surface area contributed by atoms with Crippen LogP contribution >= 0.6 is 0 Å². The molecule has 4 heterocycles. The fraction of sp³-hybridized carbons (Fsp3) is 0.414. The lowest BCUT2D eigenvalue weighted by molar-refractivity contribution is 0.0538. The van der Waals surface area contributed by atoms with Gasteiger partial charge in [-0.3, -0.25) is 4.68 Å². The standard InChI is InChI=1S/C29H33F2N9O4S/c1-17-16-44-12-11-39(17)24-13-23(29(9-10-29)45(42,43)25-18(2)37-40(19(25)3)27(30)31)35-26(36-24)20-5-7-21(8-6-20)33-28(41)34-22-14-32-38(4)15-22/h5-8,13-15,17,27H,9-12,16H2,1-4H3,(H2,33,34,41)/t17-/m0/s1. The number of alkyl halides is 2.